The third-order valence-electron chi connectivity index (χ3n) is 0.366. The van der Waals surface area contributed by atoms with Gasteiger partial charge in [0, 0.05) is 41.7 Å². The summed E-state index contributed by atoms with van der Waals surface area (Å²) in [5, 5.41) is 0. The molecule has 0 saturated heterocycles. The molecule has 0 atom stereocenters. The van der Waals surface area contributed by atoms with Crippen molar-refractivity contribution >= 4 is 10.1 Å². The molecule has 0 saturated carbocycles. The Bertz CT molecular complexity index is 181. The summed E-state index contributed by atoms with van der Waals surface area (Å²) in [6, 6.07) is 0. The van der Waals surface area contributed by atoms with E-state index in [2.05, 4.69) is 0 Å². The fourth-order valence-electron chi connectivity index (χ4n) is 0.0357. The Morgan fingerprint density at radius 2 is 1.50 bits per heavy atom. The molecule has 0 heterocycles. The Hall–Kier alpha value is 1.01. The maximum atomic E-state index is 10.9. The number of halogens is 4. The van der Waals surface area contributed by atoms with E-state index >= 15 is 0 Å². The van der Waals surface area contributed by atoms with Gasteiger partial charge in [-0.2, -0.15) is 21.6 Å². The number of rotatable bonds is 1. The predicted octanol–water partition coefficient (Wildman–Crippen LogP) is 0.737. The van der Waals surface area contributed by atoms with E-state index in [0.717, 1.165) is 0 Å². The first-order chi connectivity index (χ1) is 3.81. The van der Waals surface area contributed by atoms with E-state index < -0.39 is 15.6 Å². The van der Waals surface area contributed by atoms with Gasteiger partial charge in [-0.25, -0.2) is 0 Å². The second-order valence-electron chi connectivity index (χ2n) is 0.963. The third-order valence-corrected chi connectivity index (χ3v) is 1.10. The van der Waals surface area contributed by atoms with Gasteiger partial charge in [-0.1, -0.05) is 4.39 Å². The molecular formula is CCeF4O3S. The van der Waals surface area contributed by atoms with Crippen LogP contribution >= 0.6 is 0 Å². The topological polar surface area (TPSA) is 43.4 Å². The SMILES string of the molecule is O=S(=O)(OF)C(F)(F)F.[Ce]. The third kappa shape index (κ3) is 3.41. The molecule has 0 aliphatic heterocycles. The van der Waals surface area contributed by atoms with Gasteiger partial charge in [0.1, 0.15) is 0 Å². The van der Waals surface area contributed by atoms with Crippen LogP contribution in [0, 0.1) is 41.7 Å². The van der Waals surface area contributed by atoms with Crippen LogP contribution in [0.2, 0.25) is 0 Å². The summed E-state index contributed by atoms with van der Waals surface area (Å²) in [7, 11) is -6.00. The minimum absolute atomic E-state index is 0. The van der Waals surface area contributed by atoms with E-state index in [1.807, 2.05) is 0 Å². The van der Waals surface area contributed by atoms with Crippen LogP contribution in [-0.2, 0) is 14.5 Å². The molecule has 0 bridgehead atoms. The summed E-state index contributed by atoms with van der Waals surface area (Å²) in [4.78, 5) is 0. The van der Waals surface area contributed by atoms with Gasteiger partial charge in [0.05, 0.1) is 0 Å². The van der Waals surface area contributed by atoms with Crippen molar-refractivity contribution < 1.29 is 72.3 Å². The molecule has 0 aliphatic rings. The molecular weight excluding hydrogens is 308 g/mol. The van der Waals surface area contributed by atoms with Crippen LogP contribution in [0.3, 0.4) is 0 Å². The second-order valence-corrected chi connectivity index (χ2v) is 2.46. The largest absolute Gasteiger partial charge is 0.525 e. The van der Waals surface area contributed by atoms with E-state index in [-0.39, 0.29) is 41.7 Å². The molecule has 0 spiro atoms. The van der Waals surface area contributed by atoms with Gasteiger partial charge in [-0.3, -0.25) is 0 Å². The normalized spacial score (nSPS) is 12.4. The standard InChI is InChI=1S/CF4O3S.Ce/c2-1(3,4)9(6,7)8-5;. The average molecular weight is 308 g/mol. The van der Waals surface area contributed by atoms with Crippen molar-refractivity contribution in [3.8, 4) is 0 Å². The summed E-state index contributed by atoms with van der Waals surface area (Å²) >= 11 is 0. The van der Waals surface area contributed by atoms with E-state index in [4.69, 9.17) is 0 Å². The van der Waals surface area contributed by atoms with Crippen LogP contribution < -0.4 is 0 Å². The number of hydrogen-bond donors (Lipinski definition) is 0. The van der Waals surface area contributed by atoms with Crippen molar-refractivity contribution in [1.29, 1.82) is 0 Å². The molecule has 0 rings (SSSR count). The van der Waals surface area contributed by atoms with Crippen LogP contribution in [0.25, 0.3) is 0 Å². The second kappa shape index (κ2) is 4.14. The summed E-state index contributed by atoms with van der Waals surface area (Å²) in [6.45, 7) is 0. The zero-order chi connectivity index (χ0) is 7.71. The molecule has 0 aromatic carbocycles. The molecule has 0 aliphatic carbocycles. The van der Waals surface area contributed by atoms with Crippen molar-refractivity contribution in [3.05, 3.63) is 0 Å². The molecule has 0 amide bonds. The maximum absolute atomic E-state index is 10.9. The monoisotopic (exact) mass is 308 g/mol. The quantitative estimate of drug-likeness (QED) is 0.530. The molecule has 3 nitrogen and oxygen atoms in total. The smallest absolute Gasteiger partial charge is 0.187 e. The Labute approximate surface area is 87.1 Å². The van der Waals surface area contributed by atoms with Crippen LogP contribution in [0.5, 0.6) is 0 Å². The molecule has 0 N–H and O–H groups in total. The van der Waals surface area contributed by atoms with E-state index in [0.29, 0.717) is 0 Å². The van der Waals surface area contributed by atoms with Gasteiger partial charge in [0.15, 0.2) is 0 Å². The first-order valence-corrected chi connectivity index (χ1v) is 2.83. The number of alkyl halides is 3. The van der Waals surface area contributed by atoms with Crippen molar-refractivity contribution in [2.24, 2.45) is 0 Å². The molecule has 10 heavy (non-hydrogen) atoms. The maximum Gasteiger partial charge on any atom is 0.525 e. The van der Waals surface area contributed by atoms with Gasteiger partial charge in [0.25, 0.3) is 0 Å². The van der Waals surface area contributed by atoms with Gasteiger partial charge >= 0.3 is 15.6 Å². The Balaban J connectivity index is 0. The Kier molecular flexibility index (Phi) is 5.62. The molecule has 0 aromatic rings. The fourth-order valence-corrected chi connectivity index (χ4v) is 0.107. The fraction of sp³-hybridized carbons (Fsp3) is 1.00. The van der Waals surface area contributed by atoms with Gasteiger partial charge in [-0.05, 0) is 4.53 Å². The van der Waals surface area contributed by atoms with Gasteiger partial charge in [0.2, 0.25) is 0 Å². The predicted molar refractivity (Wildman–Crippen MR) is 17.2 cm³/mol. The van der Waals surface area contributed by atoms with Crippen LogP contribution in [0.15, 0.2) is 0 Å². The Morgan fingerprint density at radius 3 is 1.50 bits per heavy atom. The van der Waals surface area contributed by atoms with E-state index in [1.165, 1.54) is 0 Å². The zero-order valence-electron chi connectivity index (χ0n) is 4.14. The summed E-state index contributed by atoms with van der Waals surface area (Å²) < 4.78 is 63.3. The average Bonchev–Trinajstić information content (AvgIpc) is 1.64. The Morgan fingerprint density at radius 1 is 1.20 bits per heavy atom. The van der Waals surface area contributed by atoms with E-state index in [1.54, 1.807) is 4.39 Å². The summed E-state index contributed by atoms with van der Waals surface area (Å²) in [5.41, 5.74) is -5.68. The van der Waals surface area contributed by atoms with Crippen LogP contribution in [-0.4, -0.2) is 13.9 Å². The van der Waals surface area contributed by atoms with Crippen molar-refractivity contribution in [2.75, 3.05) is 0 Å². The molecule has 0 fully saturated rings. The molecule has 9 heteroatoms. The first kappa shape index (κ1) is 13.6. The zero-order valence-corrected chi connectivity index (χ0v) is 8.10. The molecule has 0 radical (unpaired) electrons. The van der Waals surface area contributed by atoms with Crippen molar-refractivity contribution in [1.82, 2.24) is 0 Å². The van der Waals surface area contributed by atoms with E-state index in [9.17, 15) is 26.1 Å². The van der Waals surface area contributed by atoms with Crippen LogP contribution in [0.1, 0.15) is 0 Å². The first-order valence-electron chi connectivity index (χ1n) is 1.43. The number of hydrogen-bond acceptors (Lipinski definition) is 3. The van der Waals surface area contributed by atoms with Crippen molar-refractivity contribution in [2.45, 2.75) is 5.51 Å². The van der Waals surface area contributed by atoms with Gasteiger partial charge in [-0.15, -0.1) is 0 Å². The minimum Gasteiger partial charge on any atom is -0.187 e. The van der Waals surface area contributed by atoms with Crippen molar-refractivity contribution in [3.63, 3.8) is 0 Å². The molecule has 0 aromatic heterocycles. The van der Waals surface area contributed by atoms with Crippen LogP contribution in [0.4, 0.5) is 17.7 Å². The summed E-state index contributed by atoms with van der Waals surface area (Å²) in [6.07, 6.45) is 0. The molecule has 0 unspecified atom stereocenters. The minimum atomic E-state index is -6.00. The molecule has 60 valence electrons. The van der Waals surface area contributed by atoms with Gasteiger partial charge < -0.3 is 0 Å². The summed E-state index contributed by atoms with van der Waals surface area (Å²) in [5.74, 6) is 0.